The number of nitrogens with zero attached hydrogens (tertiary/aromatic N) is 1. The van der Waals surface area contributed by atoms with Gasteiger partial charge in [-0.3, -0.25) is 4.31 Å². The van der Waals surface area contributed by atoms with Gasteiger partial charge in [0.1, 0.15) is 0 Å². The standard InChI is InChI=1S/C17H22N2O2S2/c1-5-6-8-15-13(2)16(18-10-7-11-21-4)17-14(9-12-22-17)19(3)23(15)20/h1,8-9,12,16,18H,2,6-7,10-11H2,3-4H3/b15-8+. The van der Waals surface area contributed by atoms with E-state index in [0.29, 0.717) is 17.9 Å². The van der Waals surface area contributed by atoms with Crippen LogP contribution in [0.3, 0.4) is 0 Å². The van der Waals surface area contributed by atoms with Crippen LogP contribution < -0.4 is 9.62 Å². The van der Waals surface area contributed by atoms with Crippen molar-refractivity contribution in [3.8, 4) is 12.3 Å². The quantitative estimate of drug-likeness (QED) is 0.633. The van der Waals surface area contributed by atoms with E-state index in [9.17, 15) is 4.21 Å². The minimum absolute atomic E-state index is 0.0558. The van der Waals surface area contributed by atoms with Gasteiger partial charge in [-0.05, 0) is 30.0 Å². The molecule has 4 nitrogen and oxygen atoms in total. The monoisotopic (exact) mass is 350 g/mol. The number of fused-ring (bicyclic) bond motifs is 1. The number of terminal acetylenes is 1. The van der Waals surface area contributed by atoms with E-state index in [-0.39, 0.29) is 6.04 Å². The van der Waals surface area contributed by atoms with Crippen molar-refractivity contribution >= 4 is 28.0 Å². The fraction of sp³-hybridized carbons (Fsp3) is 0.412. The molecule has 2 rings (SSSR count). The molecule has 0 saturated carbocycles. The van der Waals surface area contributed by atoms with Crippen molar-refractivity contribution in [3.05, 3.63) is 39.5 Å². The normalized spacial score (nSPS) is 22.7. The van der Waals surface area contributed by atoms with Crippen molar-refractivity contribution in [2.45, 2.75) is 18.9 Å². The molecule has 1 aromatic heterocycles. The first kappa shape index (κ1) is 18.0. The molecule has 0 amide bonds. The first-order valence-corrected chi connectivity index (χ1v) is 9.38. The van der Waals surface area contributed by atoms with Crippen LogP contribution in [-0.4, -0.2) is 31.5 Å². The van der Waals surface area contributed by atoms with Crippen molar-refractivity contribution in [2.24, 2.45) is 0 Å². The zero-order valence-electron chi connectivity index (χ0n) is 13.5. The Morgan fingerprint density at radius 3 is 3.13 bits per heavy atom. The highest BCUT2D eigenvalue weighted by atomic mass is 32.2. The Balaban J connectivity index is 2.34. The van der Waals surface area contributed by atoms with Gasteiger partial charge in [0.15, 0.2) is 11.0 Å². The summed E-state index contributed by atoms with van der Waals surface area (Å²) in [6, 6.07) is 1.94. The molecule has 1 N–H and O–H groups in total. The van der Waals surface area contributed by atoms with Gasteiger partial charge in [0.25, 0.3) is 0 Å². The SMILES string of the molecule is C#CC/C=C1\C(=C)C(NCCCOC)c2sccc2N(C)S1=O. The second-order valence-electron chi connectivity index (χ2n) is 5.15. The predicted octanol–water partition coefficient (Wildman–Crippen LogP) is 2.99. The van der Waals surface area contributed by atoms with Gasteiger partial charge in [-0.25, -0.2) is 4.21 Å². The van der Waals surface area contributed by atoms with Crippen LogP contribution in [0.25, 0.3) is 0 Å². The minimum Gasteiger partial charge on any atom is -0.385 e. The largest absolute Gasteiger partial charge is 0.385 e. The van der Waals surface area contributed by atoms with Gasteiger partial charge in [0.2, 0.25) is 0 Å². The molecule has 1 aromatic rings. The van der Waals surface area contributed by atoms with Crippen LogP contribution in [0.1, 0.15) is 23.8 Å². The molecule has 2 atom stereocenters. The molecule has 124 valence electrons. The summed E-state index contributed by atoms with van der Waals surface area (Å²) in [5.74, 6) is 2.58. The lowest BCUT2D eigenvalue weighted by atomic mass is 10.0. The molecular formula is C17H22N2O2S2. The third-order valence-corrected chi connectivity index (χ3v) is 6.13. The van der Waals surface area contributed by atoms with Crippen LogP contribution in [0, 0.1) is 12.3 Å². The van der Waals surface area contributed by atoms with E-state index in [0.717, 1.165) is 29.1 Å². The highest BCUT2D eigenvalue weighted by Crippen LogP contribution is 2.42. The molecule has 2 unspecified atom stereocenters. The van der Waals surface area contributed by atoms with Crippen molar-refractivity contribution in [3.63, 3.8) is 0 Å². The molecule has 23 heavy (non-hydrogen) atoms. The second-order valence-corrected chi connectivity index (χ2v) is 7.59. The number of thiophene rings is 1. The number of hydrogen-bond donors (Lipinski definition) is 1. The van der Waals surface area contributed by atoms with Crippen LogP contribution in [0.15, 0.2) is 34.6 Å². The molecule has 6 heteroatoms. The van der Waals surface area contributed by atoms with Gasteiger partial charge in [-0.2, -0.15) is 0 Å². The van der Waals surface area contributed by atoms with Crippen LogP contribution in [-0.2, 0) is 15.7 Å². The maximum Gasteiger partial charge on any atom is 0.152 e. The minimum atomic E-state index is -1.30. The highest BCUT2D eigenvalue weighted by molar-refractivity contribution is 7.90. The highest BCUT2D eigenvalue weighted by Gasteiger charge is 2.32. The lowest BCUT2D eigenvalue weighted by Gasteiger charge is -2.19. The fourth-order valence-electron chi connectivity index (χ4n) is 2.47. The number of allylic oxidation sites excluding steroid dienone is 1. The molecular weight excluding hydrogens is 328 g/mol. The third-order valence-electron chi connectivity index (χ3n) is 3.66. The van der Waals surface area contributed by atoms with Crippen LogP contribution in [0.4, 0.5) is 5.69 Å². The molecule has 0 saturated heterocycles. The zero-order chi connectivity index (χ0) is 16.8. The van der Waals surface area contributed by atoms with E-state index in [1.54, 1.807) is 22.8 Å². The van der Waals surface area contributed by atoms with E-state index >= 15 is 0 Å². The maximum absolute atomic E-state index is 12.8. The Morgan fingerprint density at radius 2 is 2.43 bits per heavy atom. The van der Waals surface area contributed by atoms with Gasteiger partial charge >= 0.3 is 0 Å². The third kappa shape index (κ3) is 3.93. The average Bonchev–Trinajstić information content (AvgIpc) is 3.01. The number of hydrogen-bond acceptors (Lipinski definition) is 4. The predicted molar refractivity (Wildman–Crippen MR) is 98.8 cm³/mol. The van der Waals surface area contributed by atoms with Crippen molar-refractivity contribution in [1.82, 2.24) is 5.32 Å². The molecule has 0 aliphatic carbocycles. The van der Waals surface area contributed by atoms with E-state index in [1.165, 1.54) is 0 Å². The summed E-state index contributed by atoms with van der Waals surface area (Å²) >= 11 is 1.65. The number of nitrogens with one attached hydrogen (secondary N) is 1. The number of methoxy groups -OCH3 is 1. The molecule has 0 bridgehead atoms. The van der Waals surface area contributed by atoms with Gasteiger partial charge in [-0.1, -0.05) is 12.7 Å². The maximum atomic E-state index is 12.8. The van der Waals surface area contributed by atoms with E-state index < -0.39 is 11.0 Å². The van der Waals surface area contributed by atoms with Crippen LogP contribution >= 0.6 is 11.3 Å². The van der Waals surface area contributed by atoms with Gasteiger partial charge in [-0.15, -0.1) is 23.7 Å². The van der Waals surface area contributed by atoms with Crippen molar-refractivity contribution in [1.29, 1.82) is 0 Å². The van der Waals surface area contributed by atoms with E-state index in [2.05, 4.69) is 17.8 Å². The molecule has 1 aliphatic heterocycles. The van der Waals surface area contributed by atoms with Gasteiger partial charge < -0.3 is 10.1 Å². The van der Waals surface area contributed by atoms with Gasteiger partial charge in [0, 0.05) is 27.2 Å². The summed E-state index contributed by atoms with van der Waals surface area (Å²) < 4.78 is 19.7. The number of ether oxygens (including phenoxy) is 1. The topological polar surface area (TPSA) is 41.6 Å². The Bertz CT molecular complexity index is 658. The number of anilines is 1. The molecule has 0 aromatic carbocycles. The lowest BCUT2D eigenvalue weighted by Crippen LogP contribution is -2.24. The Labute approximate surface area is 144 Å². The Hall–Kier alpha value is -1.39. The first-order valence-electron chi connectivity index (χ1n) is 7.40. The molecule has 0 radical (unpaired) electrons. The first-order chi connectivity index (χ1) is 11.1. The average molecular weight is 351 g/mol. The summed E-state index contributed by atoms with van der Waals surface area (Å²) in [6.45, 7) is 5.71. The van der Waals surface area contributed by atoms with Gasteiger partial charge in [0.05, 0.1) is 21.5 Å². The van der Waals surface area contributed by atoms with Crippen molar-refractivity contribution in [2.75, 3.05) is 31.6 Å². The number of rotatable bonds is 6. The summed E-state index contributed by atoms with van der Waals surface area (Å²) in [5.41, 5.74) is 1.80. The molecule has 1 aliphatic rings. The van der Waals surface area contributed by atoms with Crippen molar-refractivity contribution < 1.29 is 8.95 Å². The molecule has 2 heterocycles. The smallest absolute Gasteiger partial charge is 0.152 e. The van der Waals surface area contributed by atoms with E-state index in [1.807, 2.05) is 24.6 Å². The summed E-state index contributed by atoms with van der Waals surface area (Å²) in [4.78, 5) is 1.84. The summed E-state index contributed by atoms with van der Waals surface area (Å²) in [7, 11) is 2.23. The molecule has 0 fully saturated rings. The summed E-state index contributed by atoms with van der Waals surface area (Å²) in [5, 5.41) is 5.53. The summed E-state index contributed by atoms with van der Waals surface area (Å²) in [6.07, 6.45) is 8.55. The fourth-order valence-corrected chi connectivity index (χ4v) is 4.76. The van der Waals surface area contributed by atoms with Crippen LogP contribution in [0.2, 0.25) is 0 Å². The molecule has 0 spiro atoms. The Morgan fingerprint density at radius 1 is 1.65 bits per heavy atom. The lowest BCUT2D eigenvalue weighted by molar-refractivity contribution is 0.193. The zero-order valence-corrected chi connectivity index (χ0v) is 15.1. The van der Waals surface area contributed by atoms with Crippen LogP contribution in [0.5, 0.6) is 0 Å². The van der Waals surface area contributed by atoms with E-state index in [4.69, 9.17) is 11.2 Å². The second kappa shape index (κ2) is 8.46. The Kier molecular flexibility index (Phi) is 6.60.